The average Bonchev–Trinajstić information content (AvgIpc) is 3.33. The molecular formula is C22H28N4O6S. The number of nitrogens with zero attached hydrogens (tertiary/aromatic N) is 4. The molecule has 0 unspecified atom stereocenters. The van der Waals surface area contributed by atoms with E-state index in [4.69, 9.17) is 0 Å². The maximum Gasteiger partial charge on any atom is 0.334 e. The number of amides is 5. The fourth-order valence-electron chi connectivity index (χ4n) is 4.48. The Hall–Kier alpha value is -2.79. The van der Waals surface area contributed by atoms with Crippen LogP contribution in [0.5, 0.6) is 0 Å². The predicted molar refractivity (Wildman–Crippen MR) is 119 cm³/mol. The highest BCUT2D eigenvalue weighted by Gasteiger charge is 2.45. The molecular weight excluding hydrogens is 448 g/mol. The molecule has 0 aliphatic carbocycles. The van der Waals surface area contributed by atoms with E-state index in [1.54, 1.807) is 12.1 Å². The first-order valence-electron chi connectivity index (χ1n) is 11.4. The van der Waals surface area contributed by atoms with E-state index in [2.05, 4.69) is 0 Å². The zero-order chi connectivity index (χ0) is 23.8. The van der Waals surface area contributed by atoms with Crippen molar-refractivity contribution in [2.75, 3.05) is 37.6 Å². The third-order valence-corrected chi connectivity index (χ3v) is 8.26. The minimum atomic E-state index is -3.59. The van der Waals surface area contributed by atoms with Crippen LogP contribution in [-0.2, 0) is 30.8 Å². The number of rotatable bonds is 7. The van der Waals surface area contributed by atoms with E-state index >= 15 is 0 Å². The van der Waals surface area contributed by atoms with Gasteiger partial charge in [-0.05, 0) is 49.4 Å². The second kappa shape index (κ2) is 9.22. The molecule has 178 valence electrons. The van der Waals surface area contributed by atoms with E-state index in [0.717, 1.165) is 36.1 Å². The van der Waals surface area contributed by atoms with E-state index in [0.29, 0.717) is 43.1 Å². The van der Waals surface area contributed by atoms with Crippen LogP contribution in [0.25, 0.3) is 0 Å². The Kier molecular flexibility index (Phi) is 6.53. The van der Waals surface area contributed by atoms with Gasteiger partial charge in [-0.1, -0.05) is 19.8 Å². The van der Waals surface area contributed by atoms with Crippen LogP contribution >= 0.6 is 0 Å². The lowest BCUT2D eigenvalue weighted by molar-refractivity contribution is -0.143. The van der Waals surface area contributed by atoms with Crippen molar-refractivity contribution < 1.29 is 27.6 Å². The van der Waals surface area contributed by atoms with Gasteiger partial charge in [0.25, 0.3) is 0 Å². The van der Waals surface area contributed by atoms with Crippen molar-refractivity contribution in [3.05, 3.63) is 23.8 Å². The van der Waals surface area contributed by atoms with Crippen molar-refractivity contribution >= 4 is 39.5 Å². The van der Waals surface area contributed by atoms with E-state index in [1.807, 2.05) is 6.92 Å². The number of piperidine rings is 1. The number of anilines is 1. The summed E-state index contributed by atoms with van der Waals surface area (Å²) in [6, 6.07) is 3.93. The molecule has 3 aliphatic rings. The maximum absolute atomic E-state index is 13.0. The third-order valence-electron chi connectivity index (χ3n) is 6.36. The summed E-state index contributed by atoms with van der Waals surface area (Å²) >= 11 is 0. The lowest BCUT2D eigenvalue weighted by Gasteiger charge is -2.26. The van der Waals surface area contributed by atoms with Crippen molar-refractivity contribution in [3.63, 3.8) is 0 Å². The molecule has 0 N–H and O–H groups in total. The van der Waals surface area contributed by atoms with Gasteiger partial charge in [0.1, 0.15) is 6.54 Å². The van der Waals surface area contributed by atoms with E-state index in [1.165, 1.54) is 15.3 Å². The van der Waals surface area contributed by atoms with E-state index in [-0.39, 0.29) is 11.4 Å². The van der Waals surface area contributed by atoms with Crippen LogP contribution in [0.4, 0.5) is 10.5 Å². The third kappa shape index (κ3) is 4.26. The minimum absolute atomic E-state index is 0.144. The number of benzene rings is 1. The molecule has 1 aromatic carbocycles. The van der Waals surface area contributed by atoms with Gasteiger partial charge in [0.2, 0.25) is 15.9 Å². The molecule has 33 heavy (non-hydrogen) atoms. The first-order chi connectivity index (χ1) is 15.8. The van der Waals surface area contributed by atoms with Crippen molar-refractivity contribution in [1.29, 1.82) is 0 Å². The fourth-order valence-corrected chi connectivity index (χ4v) is 6.04. The highest BCUT2D eigenvalue weighted by Crippen LogP contribution is 2.32. The summed E-state index contributed by atoms with van der Waals surface area (Å²) in [5.74, 6) is -2.39. The number of fused-ring (bicyclic) bond motifs is 1. The summed E-state index contributed by atoms with van der Waals surface area (Å²) in [6.45, 7) is 2.85. The Morgan fingerprint density at radius 1 is 0.970 bits per heavy atom. The molecule has 0 spiro atoms. The van der Waals surface area contributed by atoms with Crippen molar-refractivity contribution in [2.24, 2.45) is 0 Å². The molecule has 0 radical (unpaired) electrons. The Balaban J connectivity index is 1.48. The van der Waals surface area contributed by atoms with Gasteiger partial charge in [-0.25, -0.2) is 18.1 Å². The van der Waals surface area contributed by atoms with Crippen LogP contribution in [0.1, 0.15) is 44.6 Å². The first-order valence-corrected chi connectivity index (χ1v) is 12.8. The van der Waals surface area contributed by atoms with Gasteiger partial charge in [0, 0.05) is 31.9 Å². The van der Waals surface area contributed by atoms with E-state index in [9.17, 15) is 27.6 Å². The van der Waals surface area contributed by atoms with E-state index < -0.39 is 40.3 Å². The monoisotopic (exact) mass is 476 g/mol. The lowest BCUT2D eigenvalue weighted by atomic mass is 10.2. The number of carbonyl (C=O) groups is 4. The number of carbonyl (C=O) groups excluding carboxylic acids is 4. The number of imide groups is 2. The molecule has 10 nitrogen and oxygen atoms in total. The summed E-state index contributed by atoms with van der Waals surface area (Å²) in [5, 5.41) is 0. The second-order valence-electron chi connectivity index (χ2n) is 8.53. The molecule has 1 aromatic rings. The van der Waals surface area contributed by atoms with Crippen LogP contribution in [0.15, 0.2) is 23.1 Å². The largest absolute Gasteiger partial charge is 0.334 e. The smallest absolute Gasteiger partial charge is 0.310 e. The summed E-state index contributed by atoms with van der Waals surface area (Å²) in [4.78, 5) is 53.0. The van der Waals surface area contributed by atoms with Gasteiger partial charge in [0.15, 0.2) is 0 Å². The predicted octanol–water partition coefficient (Wildman–Crippen LogP) is 1.34. The van der Waals surface area contributed by atoms with Crippen LogP contribution in [-0.4, -0.2) is 79.0 Å². The first kappa shape index (κ1) is 23.4. The molecule has 11 heteroatoms. The van der Waals surface area contributed by atoms with Crippen molar-refractivity contribution in [2.45, 2.75) is 50.3 Å². The molecule has 5 amide bonds. The zero-order valence-electron chi connectivity index (χ0n) is 18.7. The number of sulfonamides is 1. The summed E-state index contributed by atoms with van der Waals surface area (Å²) in [7, 11) is -3.59. The molecule has 0 bridgehead atoms. The molecule has 0 aromatic heterocycles. The normalized spacial score (nSPS) is 19.5. The summed E-state index contributed by atoms with van der Waals surface area (Å²) < 4.78 is 27.4. The van der Waals surface area contributed by atoms with Crippen molar-refractivity contribution in [1.82, 2.24) is 14.1 Å². The summed E-state index contributed by atoms with van der Waals surface area (Å²) in [6.07, 6.45) is 4.52. The number of urea groups is 1. The van der Waals surface area contributed by atoms with Gasteiger partial charge < -0.3 is 4.90 Å². The van der Waals surface area contributed by atoms with Gasteiger partial charge in [-0.3, -0.25) is 19.3 Å². The highest BCUT2D eigenvalue weighted by atomic mass is 32.2. The van der Waals surface area contributed by atoms with Gasteiger partial charge in [-0.2, -0.15) is 4.31 Å². The lowest BCUT2D eigenvalue weighted by Crippen LogP contribution is -2.43. The number of hydrogen-bond donors (Lipinski definition) is 0. The minimum Gasteiger partial charge on any atom is -0.310 e. The Labute approximate surface area is 193 Å². The Morgan fingerprint density at radius 2 is 1.67 bits per heavy atom. The highest BCUT2D eigenvalue weighted by molar-refractivity contribution is 7.89. The Morgan fingerprint density at radius 3 is 2.36 bits per heavy atom. The zero-order valence-corrected chi connectivity index (χ0v) is 19.5. The van der Waals surface area contributed by atoms with Crippen LogP contribution < -0.4 is 4.90 Å². The SMILES string of the molecule is CCCCN1C(=O)C(=O)N(CC(=O)N2CCc3cc(S(=O)(=O)N4CCCCC4)ccc32)C1=O. The average molecular weight is 477 g/mol. The van der Waals surface area contributed by atoms with Gasteiger partial charge in [0.05, 0.1) is 4.90 Å². The van der Waals surface area contributed by atoms with Crippen LogP contribution in [0.2, 0.25) is 0 Å². The quantitative estimate of drug-likeness (QED) is 0.433. The number of hydrogen-bond acceptors (Lipinski definition) is 6. The second-order valence-corrected chi connectivity index (χ2v) is 10.5. The van der Waals surface area contributed by atoms with Crippen molar-refractivity contribution in [3.8, 4) is 0 Å². The molecule has 0 saturated carbocycles. The van der Waals surface area contributed by atoms with Gasteiger partial charge >= 0.3 is 17.8 Å². The van der Waals surface area contributed by atoms with Gasteiger partial charge in [-0.15, -0.1) is 0 Å². The molecule has 2 saturated heterocycles. The van der Waals surface area contributed by atoms with Crippen LogP contribution in [0.3, 0.4) is 0 Å². The Bertz CT molecular complexity index is 1100. The fraction of sp³-hybridized carbons (Fsp3) is 0.545. The molecule has 3 aliphatic heterocycles. The topological polar surface area (TPSA) is 115 Å². The number of unbranched alkanes of at least 4 members (excludes halogenated alkanes) is 1. The molecule has 4 rings (SSSR count). The standard InChI is InChI=1S/C22H28N4O6S/c1-2-3-12-25-20(28)21(29)26(22(25)30)15-19(27)24-13-9-16-14-17(7-8-18(16)24)33(31,32)23-10-5-4-6-11-23/h7-8,14H,2-6,9-13,15H2,1H3. The summed E-state index contributed by atoms with van der Waals surface area (Å²) in [5.41, 5.74) is 1.28. The molecule has 3 heterocycles. The maximum atomic E-state index is 13.0. The molecule has 0 atom stereocenters. The van der Waals surface area contributed by atoms with Crippen LogP contribution in [0, 0.1) is 0 Å². The molecule has 2 fully saturated rings.